The molecule has 1 aliphatic heterocycles. The summed E-state index contributed by atoms with van der Waals surface area (Å²) in [7, 11) is 0. The molecular formula is C26H28Cl2N4O3. The molecule has 7 nitrogen and oxygen atoms in total. The van der Waals surface area contributed by atoms with Crippen molar-refractivity contribution < 1.29 is 14.3 Å². The van der Waals surface area contributed by atoms with Crippen molar-refractivity contribution in [2.75, 3.05) is 11.9 Å². The number of hydrogen-bond acceptors (Lipinski definition) is 4. The zero-order valence-electron chi connectivity index (χ0n) is 20.2. The van der Waals surface area contributed by atoms with E-state index < -0.39 is 5.60 Å². The van der Waals surface area contributed by atoms with E-state index >= 15 is 0 Å². The van der Waals surface area contributed by atoms with E-state index in [2.05, 4.69) is 10.4 Å². The molecule has 2 heterocycles. The lowest BCUT2D eigenvalue weighted by molar-refractivity contribution is 0.0224. The van der Waals surface area contributed by atoms with Gasteiger partial charge in [-0.1, -0.05) is 35.3 Å². The van der Waals surface area contributed by atoms with Crippen LogP contribution in [-0.4, -0.2) is 38.8 Å². The second kappa shape index (κ2) is 9.91. The monoisotopic (exact) mass is 514 g/mol. The first-order valence-electron chi connectivity index (χ1n) is 11.4. The van der Waals surface area contributed by atoms with Crippen LogP contribution in [0.3, 0.4) is 0 Å². The van der Waals surface area contributed by atoms with E-state index in [0.717, 1.165) is 22.4 Å². The van der Waals surface area contributed by atoms with Gasteiger partial charge in [-0.15, -0.1) is 0 Å². The second-order valence-electron chi connectivity index (χ2n) is 9.65. The zero-order chi connectivity index (χ0) is 25.3. The topological polar surface area (TPSA) is 76.5 Å². The number of carbonyl (C=O) groups is 2. The Labute approximate surface area is 215 Å². The van der Waals surface area contributed by atoms with Gasteiger partial charge in [0.05, 0.1) is 6.54 Å². The van der Waals surface area contributed by atoms with Crippen LogP contribution >= 0.6 is 23.2 Å². The number of benzene rings is 2. The molecule has 0 aliphatic carbocycles. The molecule has 0 saturated carbocycles. The largest absolute Gasteiger partial charge is 0.444 e. The molecular weight excluding hydrogens is 487 g/mol. The van der Waals surface area contributed by atoms with Crippen LogP contribution in [0.15, 0.2) is 42.5 Å². The Bertz CT molecular complexity index is 1280. The maximum atomic E-state index is 12.9. The lowest BCUT2D eigenvalue weighted by Crippen LogP contribution is -2.39. The van der Waals surface area contributed by atoms with E-state index in [1.165, 1.54) is 0 Å². The Morgan fingerprint density at radius 2 is 1.86 bits per heavy atom. The summed E-state index contributed by atoms with van der Waals surface area (Å²) in [6.45, 7) is 8.94. The number of carbonyl (C=O) groups excluding carboxylic acids is 2. The van der Waals surface area contributed by atoms with Crippen molar-refractivity contribution in [1.29, 1.82) is 0 Å². The molecule has 2 amide bonds. The van der Waals surface area contributed by atoms with Crippen molar-refractivity contribution in [3.8, 4) is 0 Å². The van der Waals surface area contributed by atoms with Crippen LogP contribution in [0.25, 0.3) is 0 Å². The van der Waals surface area contributed by atoms with E-state index in [-0.39, 0.29) is 12.0 Å². The van der Waals surface area contributed by atoms with Gasteiger partial charge in [-0.3, -0.25) is 9.48 Å². The predicted molar refractivity (Wildman–Crippen MR) is 137 cm³/mol. The van der Waals surface area contributed by atoms with Crippen molar-refractivity contribution in [2.45, 2.75) is 52.8 Å². The van der Waals surface area contributed by atoms with Gasteiger partial charge in [0, 0.05) is 40.5 Å². The van der Waals surface area contributed by atoms with Crippen molar-refractivity contribution >= 4 is 41.0 Å². The summed E-state index contributed by atoms with van der Waals surface area (Å²) in [5.41, 5.74) is 3.85. The molecule has 9 heteroatoms. The summed E-state index contributed by atoms with van der Waals surface area (Å²) in [5, 5.41) is 8.54. The lowest BCUT2D eigenvalue weighted by Gasteiger charge is -2.31. The average molecular weight is 515 g/mol. The van der Waals surface area contributed by atoms with Crippen molar-refractivity contribution in [3.05, 3.63) is 80.5 Å². The average Bonchev–Trinajstić information content (AvgIpc) is 3.12. The highest BCUT2D eigenvalue weighted by molar-refractivity contribution is 6.35. The SMILES string of the molecule is Cc1cc(NC(=O)c2ccc3c(c2)CCN(C(=O)OC(C)(C)C)C3)nn1Cc1ccc(Cl)cc1Cl. The summed E-state index contributed by atoms with van der Waals surface area (Å²) in [6.07, 6.45) is 0.335. The molecule has 0 fully saturated rings. The highest BCUT2D eigenvalue weighted by Crippen LogP contribution is 2.24. The summed E-state index contributed by atoms with van der Waals surface area (Å²) in [4.78, 5) is 27.0. The number of hydrogen-bond donors (Lipinski definition) is 1. The first-order valence-corrected chi connectivity index (χ1v) is 12.1. The van der Waals surface area contributed by atoms with E-state index in [1.807, 2.05) is 52.0 Å². The van der Waals surface area contributed by atoms with E-state index in [1.54, 1.807) is 27.8 Å². The van der Waals surface area contributed by atoms with E-state index in [9.17, 15) is 9.59 Å². The molecule has 35 heavy (non-hydrogen) atoms. The summed E-state index contributed by atoms with van der Waals surface area (Å²) in [5.74, 6) is 0.225. The molecule has 1 N–H and O–H groups in total. The smallest absolute Gasteiger partial charge is 0.410 e. The highest BCUT2D eigenvalue weighted by Gasteiger charge is 2.26. The van der Waals surface area contributed by atoms with Crippen LogP contribution < -0.4 is 5.32 Å². The van der Waals surface area contributed by atoms with Crippen LogP contribution in [-0.2, 0) is 24.2 Å². The Hall–Kier alpha value is -3.03. The number of nitrogens with zero attached hydrogens (tertiary/aromatic N) is 3. The van der Waals surface area contributed by atoms with Gasteiger partial charge in [0.25, 0.3) is 5.91 Å². The lowest BCUT2D eigenvalue weighted by atomic mass is 9.97. The standard InChI is InChI=1S/C26H28Cl2N4O3/c1-16-11-23(30-32(16)15-20-7-8-21(27)13-22(20)28)29-24(33)18-5-6-19-14-31(10-9-17(19)12-18)25(34)35-26(2,3)4/h5-8,11-13H,9-10,14-15H2,1-4H3,(H,29,30,33). The third kappa shape index (κ3) is 6.16. The molecule has 4 rings (SSSR count). The van der Waals surface area contributed by atoms with Crippen LogP contribution in [0.1, 0.15) is 53.5 Å². The van der Waals surface area contributed by atoms with Crippen molar-refractivity contribution in [2.24, 2.45) is 0 Å². The Kier molecular flexibility index (Phi) is 7.10. The molecule has 0 saturated heterocycles. The predicted octanol–water partition coefficient (Wildman–Crippen LogP) is 6.09. The Morgan fingerprint density at radius 1 is 1.09 bits per heavy atom. The molecule has 1 aliphatic rings. The third-order valence-electron chi connectivity index (χ3n) is 5.69. The van der Waals surface area contributed by atoms with E-state index in [4.69, 9.17) is 27.9 Å². The first kappa shape index (κ1) is 25.1. The van der Waals surface area contributed by atoms with Crippen molar-refractivity contribution in [3.63, 3.8) is 0 Å². The highest BCUT2D eigenvalue weighted by atomic mass is 35.5. The van der Waals surface area contributed by atoms with Gasteiger partial charge >= 0.3 is 6.09 Å². The number of halogens is 2. The Morgan fingerprint density at radius 3 is 2.57 bits per heavy atom. The minimum Gasteiger partial charge on any atom is -0.444 e. The number of rotatable bonds is 4. The molecule has 0 spiro atoms. The fourth-order valence-electron chi connectivity index (χ4n) is 3.91. The summed E-state index contributed by atoms with van der Waals surface area (Å²) >= 11 is 12.3. The number of aryl methyl sites for hydroxylation is 1. The molecule has 0 bridgehead atoms. The fraction of sp³-hybridized carbons (Fsp3) is 0.346. The molecule has 2 aromatic carbocycles. The van der Waals surface area contributed by atoms with E-state index in [0.29, 0.717) is 47.5 Å². The normalized spacial score (nSPS) is 13.4. The number of fused-ring (bicyclic) bond motifs is 1. The molecule has 184 valence electrons. The fourth-order valence-corrected chi connectivity index (χ4v) is 4.38. The molecule has 0 atom stereocenters. The molecule has 1 aromatic heterocycles. The molecule has 0 unspecified atom stereocenters. The number of nitrogens with one attached hydrogen (secondary N) is 1. The van der Waals surface area contributed by atoms with Gasteiger partial charge in [0.15, 0.2) is 5.82 Å². The van der Waals surface area contributed by atoms with Crippen LogP contribution in [0.5, 0.6) is 0 Å². The van der Waals surface area contributed by atoms with Gasteiger partial charge in [0.2, 0.25) is 0 Å². The zero-order valence-corrected chi connectivity index (χ0v) is 21.7. The quantitative estimate of drug-likeness (QED) is 0.456. The maximum Gasteiger partial charge on any atom is 0.410 e. The van der Waals surface area contributed by atoms with Crippen LogP contribution in [0.2, 0.25) is 10.0 Å². The number of anilines is 1. The van der Waals surface area contributed by atoms with Crippen LogP contribution in [0.4, 0.5) is 10.6 Å². The third-order valence-corrected chi connectivity index (χ3v) is 6.28. The Balaban J connectivity index is 1.42. The van der Waals surface area contributed by atoms with Crippen molar-refractivity contribution in [1.82, 2.24) is 14.7 Å². The molecule has 0 radical (unpaired) electrons. The first-order chi connectivity index (χ1) is 16.5. The minimum atomic E-state index is -0.536. The van der Waals surface area contributed by atoms with Gasteiger partial charge in [-0.2, -0.15) is 5.10 Å². The van der Waals surface area contributed by atoms with Gasteiger partial charge in [-0.05, 0) is 75.1 Å². The minimum absolute atomic E-state index is 0.239. The number of ether oxygens (including phenoxy) is 1. The van der Waals surface area contributed by atoms with Gasteiger partial charge < -0.3 is 15.0 Å². The molecule has 3 aromatic rings. The second-order valence-corrected chi connectivity index (χ2v) is 10.5. The van der Waals surface area contributed by atoms with Crippen LogP contribution in [0, 0.1) is 6.92 Å². The number of aromatic nitrogens is 2. The number of amides is 2. The maximum absolute atomic E-state index is 12.9. The van der Waals surface area contributed by atoms with Gasteiger partial charge in [-0.25, -0.2) is 4.79 Å². The summed E-state index contributed by atoms with van der Waals surface area (Å²) < 4.78 is 7.26. The summed E-state index contributed by atoms with van der Waals surface area (Å²) in [6, 6.07) is 12.7. The van der Waals surface area contributed by atoms with Gasteiger partial charge in [0.1, 0.15) is 5.60 Å².